The van der Waals surface area contributed by atoms with Crippen molar-refractivity contribution >= 4 is 43.0 Å². The third-order valence-electron chi connectivity index (χ3n) is 5.69. The Balaban J connectivity index is 1.57. The first-order valence-electron chi connectivity index (χ1n) is 12.2. The third kappa shape index (κ3) is 6.77. The van der Waals surface area contributed by atoms with Crippen molar-refractivity contribution < 1.29 is 26.4 Å². The number of nitrogens with one attached hydrogen (secondary N) is 2. The summed E-state index contributed by atoms with van der Waals surface area (Å²) in [6.07, 6.45) is 2.91. The highest BCUT2D eigenvalue weighted by molar-refractivity contribution is 7.93. The van der Waals surface area contributed by atoms with Crippen LogP contribution in [0.5, 0.6) is 5.75 Å². The van der Waals surface area contributed by atoms with Crippen LogP contribution in [0.3, 0.4) is 0 Å². The number of amides is 1. The van der Waals surface area contributed by atoms with E-state index in [1.165, 1.54) is 48.8 Å². The number of benzene rings is 3. The summed E-state index contributed by atoms with van der Waals surface area (Å²) >= 11 is 0. The molecule has 1 heterocycles. The van der Waals surface area contributed by atoms with Crippen LogP contribution in [0.25, 0.3) is 0 Å². The number of rotatable bonds is 11. The van der Waals surface area contributed by atoms with Crippen molar-refractivity contribution in [3.8, 4) is 5.75 Å². The second kappa shape index (κ2) is 12.2. The fourth-order valence-corrected chi connectivity index (χ4v) is 6.24. The summed E-state index contributed by atoms with van der Waals surface area (Å²) in [5.74, 6) is -0.324. The third-order valence-corrected chi connectivity index (χ3v) is 8.86. The number of nitrogens with zero attached hydrogens (tertiary/aromatic N) is 2. The van der Waals surface area contributed by atoms with E-state index in [9.17, 15) is 21.6 Å². The largest absolute Gasteiger partial charge is 0.492 e. The van der Waals surface area contributed by atoms with E-state index in [4.69, 9.17) is 4.74 Å². The summed E-state index contributed by atoms with van der Waals surface area (Å²) in [4.78, 5) is 17.0. The van der Waals surface area contributed by atoms with Crippen molar-refractivity contribution in [2.75, 3.05) is 27.5 Å². The predicted octanol–water partition coefficient (Wildman–Crippen LogP) is 4.42. The highest BCUT2D eigenvalue weighted by Crippen LogP contribution is 2.32. The van der Waals surface area contributed by atoms with Crippen LogP contribution in [0.15, 0.2) is 107 Å². The van der Waals surface area contributed by atoms with Gasteiger partial charge in [0.15, 0.2) is 0 Å². The molecular formula is C28H28N4O6S2. The number of pyridine rings is 1. The van der Waals surface area contributed by atoms with Gasteiger partial charge in [-0.1, -0.05) is 29.8 Å². The molecule has 0 bridgehead atoms. The fourth-order valence-electron chi connectivity index (χ4n) is 3.76. The average molecular weight is 581 g/mol. The number of carbonyl (C=O) groups is 1. The molecule has 40 heavy (non-hydrogen) atoms. The van der Waals surface area contributed by atoms with E-state index >= 15 is 0 Å². The van der Waals surface area contributed by atoms with Crippen molar-refractivity contribution in [1.82, 2.24) is 4.98 Å². The molecule has 0 fully saturated rings. The Morgan fingerprint density at radius 3 is 2.17 bits per heavy atom. The topological polar surface area (TPSA) is 135 Å². The molecule has 208 valence electrons. The normalized spacial score (nSPS) is 11.4. The van der Waals surface area contributed by atoms with Gasteiger partial charge in [0, 0.05) is 11.9 Å². The van der Waals surface area contributed by atoms with Gasteiger partial charge < -0.3 is 10.1 Å². The number of sulfonamides is 2. The summed E-state index contributed by atoms with van der Waals surface area (Å²) in [5, 5.41) is 2.64. The second-order valence-corrected chi connectivity index (χ2v) is 12.2. The summed E-state index contributed by atoms with van der Waals surface area (Å²) in [6.45, 7) is 3.37. The van der Waals surface area contributed by atoms with Crippen molar-refractivity contribution in [3.63, 3.8) is 0 Å². The molecule has 3 aromatic carbocycles. The van der Waals surface area contributed by atoms with Crippen LogP contribution in [0, 0.1) is 6.92 Å². The molecule has 1 aromatic heterocycles. The SMILES string of the molecule is CCOc1ccccc1N(CC(=O)Nc1ccc(S(=O)(=O)Nc2cccnc2)cc1)S(=O)(=O)c1ccc(C)cc1. The Bertz CT molecular complexity index is 1680. The summed E-state index contributed by atoms with van der Waals surface area (Å²) in [5.41, 5.74) is 1.69. The number of anilines is 3. The monoisotopic (exact) mass is 580 g/mol. The molecule has 4 rings (SSSR count). The van der Waals surface area contributed by atoms with E-state index in [2.05, 4.69) is 15.0 Å². The van der Waals surface area contributed by atoms with Gasteiger partial charge in [0.05, 0.1) is 34.0 Å². The van der Waals surface area contributed by atoms with Crippen LogP contribution in [-0.4, -0.2) is 40.9 Å². The summed E-state index contributed by atoms with van der Waals surface area (Å²) in [6, 6.07) is 21.6. The lowest BCUT2D eigenvalue weighted by atomic mass is 10.2. The summed E-state index contributed by atoms with van der Waals surface area (Å²) < 4.78 is 61.8. The van der Waals surface area contributed by atoms with Crippen molar-refractivity contribution in [2.45, 2.75) is 23.6 Å². The molecule has 4 aromatic rings. The molecular weight excluding hydrogens is 552 g/mol. The van der Waals surface area contributed by atoms with Crippen LogP contribution in [0.2, 0.25) is 0 Å². The Morgan fingerprint density at radius 1 is 0.850 bits per heavy atom. The van der Waals surface area contributed by atoms with Crippen LogP contribution >= 0.6 is 0 Å². The molecule has 0 aliphatic rings. The molecule has 0 saturated carbocycles. The van der Waals surface area contributed by atoms with Gasteiger partial charge in [-0.15, -0.1) is 0 Å². The highest BCUT2D eigenvalue weighted by Gasteiger charge is 2.29. The van der Waals surface area contributed by atoms with Crippen LogP contribution in [-0.2, 0) is 24.8 Å². The number of aryl methyl sites for hydroxylation is 1. The fraction of sp³-hybridized carbons (Fsp3) is 0.143. The maximum Gasteiger partial charge on any atom is 0.264 e. The van der Waals surface area contributed by atoms with Gasteiger partial charge in [-0.3, -0.25) is 18.8 Å². The molecule has 1 amide bonds. The molecule has 0 aliphatic carbocycles. The van der Waals surface area contributed by atoms with E-state index in [-0.39, 0.29) is 21.2 Å². The zero-order valence-electron chi connectivity index (χ0n) is 21.8. The number of ether oxygens (including phenoxy) is 1. The van der Waals surface area contributed by atoms with Crippen LogP contribution in [0.4, 0.5) is 17.1 Å². The summed E-state index contributed by atoms with van der Waals surface area (Å²) in [7, 11) is -8.04. The van der Waals surface area contributed by atoms with Crippen molar-refractivity contribution in [3.05, 3.63) is 103 Å². The minimum atomic E-state index is -4.16. The predicted molar refractivity (Wildman–Crippen MR) is 153 cm³/mol. The van der Waals surface area contributed by atoms with E-state index in [1.807, 2.05) is 6.92 Å². The molecule has 0 atom stereocenters. The molecule has 0 radical (unpaired) electrons. The van der Waals surface area contributed by atoms with Gasteiger partial charge in [-0.05, 0) is 74.5 Å². The average Bonchev–Trinajstić information content (AvgIpc) is 2.93. The van der Waals surface area contributed by atoms with Gasteiger partial charge in [0.25, 0.3) is 20.0 Å². The van der Waals surface area contributed by atoms with Crippen LogP contribution < -0.4 is 19.1 Å². The zero-order valence-corrected chi connectivity index (χ0v) is 23.4. The van der Waals surface area contributed by atoms with Gasteiger partial charge in [0.1, 0.15) is 12.3 Å². The smallest absolute Gasteiger partial charge is 0.264 e. The number of hydrogen-bond acceptors (Lipinski definition) is 7. The lowest BCUT2D eigenvalue weighted by Crippen LogP contribution is -2.38. The van der Waals surface area contributed by atoms with E-state index in [1.54, 1.807) is 55.5 Å². The minimum Gasteiger partial charge on any atom is -0.492 e. The van der Waals surface area contributed by atoms with Gasteiger partial charge >= 0.3 is 0 Å². The Kier molecular flexibility index (Phi) is 8.70. The van der Waals surface area contributed by atoms with Crippen molar-refractivity contribution in [1.29, 1.82) is 0 Å². The first kappa shape index (κ1) is 28.6. The standard InChI is InChI=1S/C28H28N4O6S2/c1-3-38-27-9-5-4-8-26(27)32(40(36,37)25-14-10-21(2)11-15-25)20-28(33)30-22-12-16-24(17-13-22)39(34,35)31-23-7-6-18-29-19-23/h4-19,31H,3,20H2,1-2H3,(H,30,33). The maximum atomic E-state index is 13.7. The van der Waals surface area contributed by atoms with E-state index < -0.39 is 32.5 Å². The van der Waals surface area contributed by atoms with E-state index in [0.717, 1.165) is 9.87 Å². The van der Waals surface area contributed by atoms with Crippen molar-refractivity contribution in [2.24, 2.45) is 0 Å². The maximum absolute atomic E-state index is 13.7. The Labute approximate surface area is 233 Å². The lowest BCUT2D eigenvalue weighted by Gasteiger charge is -2.26. The molecule has 0 unspecified atom stereocenters. The van der Waals surface area contributed by atoms with Gasteiger partial charge in [-0.25, -0.2) is 16.8 Å². The molecule has 10 nitrogen and oxygen atoms in total. The molecule has 12 heteroatoms. The second-order valence-electron chi connectivity index (χ2n) is 8.65. The van der Waals surface area contributed by atoms with E-state index in [0.29, 0.717) is 18.0 Å². The minimum absolute atomic E-state index is 0.0212. The quantitative estimate of drug-likeness (QED) is 0.268. The molecule has 0 spiro atoms. The Hall–Kier alpha value is -4.42. The number of aromatic nitrogens is 1. The molecule has 0 aliphatic heterocycles. The number of para-hydroxylation sites is 2. The number of hydrogen-bond donors (Lipinski definition) is 2. The zero-order chi connectivity index (χ0) is 28.8. The first-order chi connectivity index (χ1) is 19.1. The first-order valence-corrected chi connectivity index (χ1v) is 15.2. The Morgan fingerprint density at radius 2 is 1.52 bits per heavy atom. The molecule has 2 N–H and O–H groups in total. The van der Waals surface area contributed by atoms with Gasteiger partial charge in [-0.2, -0.15) is 0 Å². The van der Waals surface area contributed by atoms with Crippen LogP contribution in [0.1, 0.15) is 12.5 Å². The lowest BCUT2D eigenvalue weighted by molar-refractivity contribution is -0.114. The van der Waals surface area contributed by atoms with Gasteiger partial charge in [0.2, 0.25) is 5.91 Å². The highest BCUT2D eigenvalue weighted by atomic mass is 32.2. The molecule has 0 saturated heterocycles. The number of carbonyl (C=O) groups excluding carboxylic acids is 1.